The summed E-state index contributed by atoms with van der Waals surface area (Å²) in [6.45, 7) is 4.14. The average molecular weight is 91.2 g/mol. The Hall–Kier alpha value is 0.310. The molecular formula is C3H7OS. The molecule has 5 heavy (non-hydrogen) atoms. The molecule has 0 amide bonds. The minimum Gasteiger partial charge on any atom is -0.319 e. The minimum atomic E-state index is 0.642. The molecule has 0 rings (SSSR count). The second-order valence-corrected chi connectivity index (χ2v) is 0.945. The summed E-state index contributed by atoms with van der Waals surface area (Å²) in [5.41, 5.74) is 0. The summed E-state index contributed by atoms with van der Waals surface area (Å²) in [6, 6.07) is 0. The van der Waals surface area contributed by atoms with Crippen LogP contribution in [0.25, 0.3) is 0 Å². The second kappa shape index (κ2) is 4.31. The lowest BCUT2D eigenvalue weighted by molar-refractivity contribution is 0.390. The Morgan fingerprint density at radius 1 is 1.80 bits per heavy atom. The van der Waals surface area contributed by atoms with Crippen molar-refractivity contribution in [2.45, 2.75) is 6.42 Å². The van der Waals surface area contributed by atoms with Crippen LogP contribution in [0.2, 0.25) is 0 Å². The van der Waals surface area contributed by atoms with Crippen molar-refractivity contribution in [1.29, 1.82) is 0 Å². The standard InChI is InChI=1S/C3H7OS/c1-2-3-4-5/h5H,1-3H2. The van der Waals surface area contributed by atoms with Gasteiger partial charge in [-0.15, -0.1) is 0 Å². The summed E-state index contributed by atoms with van der Waals surface area (Å²) in [7, 11) is 0. The molecule has 2 heteroatoms. The lowest BCUT2D eigenvalue weighted by Gasteiger charge is -1.82. The van der Waals surface area contributed by atoms with Gasteiger partial charge in [0.15, 0.2) is 0 Å². The van der Waals surface area contributed by atoms with E-state index in [0.29, 0.717) is 6.61 Å². The van der Waals surface area contributed by atoms with Crippen molar-refractivity contribution in [3.63, 3.8) is 0 Å². The van der Waals surface area contributed by atoms with Crippen LogP contribution in [-0.2, 0) is 4.18 Å². The van der Waals surface area contributed by atoms with E-state index in [1.807, 2.05) is 0 Å². The van der Waals surface area contributed by atoms with Crippen LogP contribution in [0.3, 0.4) is 0 Å². The highest BCUT2D eigenvalue weighted by molar-refractivity contribution is 7.75. The first kappa shape index (κ1) is 5.31. The second-order valence-electron chi connectivity index (χ2n) is 0.687. The average Bonchev–Trinajstić information content (AvgIpc) is 1.41. The van der Waals surface area contributed by atoms with Gasteiger partial charge in [0, 0.05) is 0 Å². The SMILES string of the molecule is [CH2]CCOS. The fourth-order valence-corrected chi connectivity index (χ4v) is 0.194. The summed E-state index contributed by atoms with van der Waals surface area (Å²) in [4.78, 5) is 0. The highest BCUT2D eigenvalue weighted by atomic mass is 32.1. The van der Waals surface area contributed by atoms with Gasteiger partial charge in [0.25, 0.3) is 0 Å². The zero-order valence-corrected chi connectivity index (χ0v) is 3.87. The molecule has 1 nitrogen and oxygen atoms in total. The van der Waals surface area contributed by atoms with Crippen molar-refractivity contribution < 1.29 is 4.18 Å². The maximum absolute atomic E-state index is 4.32. The first-order valence-electron chi connectivity index (χ1n) is 1.47. The number of rotatable bonds is 2. The summed E-state index contributed by atoms with van der Waals surface area (Å²) in [5, 5.41) is 0. The third kappa shape index (κ3) is 4.31. The first-order chi connectivity index (χ1) is 2.41. The first-order valence-corrected chi connectivity index (χ1v) is 1.84. The molecule has 0 saturated heterocycles. The van der Waals surface area contributed by atoms with Gasteiger partial charge in [-0.25, -0.2) is 0 Å². The van der Waals surface area contributed by atoms with Crippen molar-refractivity contribution in [2.75, 3.05) is 6.61 Å². The van der Waals surface area contributed by atoms with E-state index in [4.69, 9.17) is 0 Å². The van der Waals surface area contributed by atoms with Gasteiger partial charge in [0.1, 0.15) is 0 Å². The summed E-state index contributed by atoms with van der Waals surface area (Å²) in [6.07, 6.45) is 0.795. The minimum absolute atomic E-state index is 0.642. The molecule has 0 aromatic heterocycles. The Balaban J connectivity index is 2.19. The third-order valence-corrected chi connectivity index (χ3v) is 0.418. The van der Waals surface area contributed by atoms with Crippen molar-refractivity contribution in [1.82, 2.24) is 0 Å². The van der Waals surface area contributed by atoms with Gasteiger partial charge in [-0.2, -0.15) is 0 Å². The molecule has 0 saturated carbocycles. The van der Waals surface area contributed by atoms with Crippen LogP contribution in [0.5, 0.6) is 0 Å². The van der Waals surface area contributed by atoms with Gasteiger partial charge in [0.05, 0.1) is 6.61 Å². The molecule has 0 aliphatic carbocycles. The molecule has 31 valence electrons. The van der Waals surface area contributed by atoms with E-state index < -0.39 is 0 Å². The fourth-order valence-electron chi connectivity index (χ4n) is 0.0645. The van der Waals surface area contributed by atoms with Gasteiger partial charge in [-0.1, -0.05) is 6.92 Å². The lowest BCUT2D eigenvalue weighted by atomic mass is 10.5. The third-order valence-electron chi connectivity index (χ3n) is 0.236. The van der Waals surface area contributed by atoms with E-state index in [9.17, 15) is 0 Å². The zero-order valence-electron chi connectivity index (χ0n) is 2.98. The largest absolute Gasteiger partial charge is 0.319 e. The van der Waals surface area contributed by atoms with Gasteiger partial charge >= 0.3 is 0 Å². The topological polar surface area (TPSA) is 9.23 Å². The molecular weight excluding hydrogens is 84.1 g/mol. The van der Waals surface area contributed by atoms with Crippen LogP contribution in [0.1, 0.15) is 6.42 Å². The summed E-state index contributed by atoms with van der Waals surface area (Å²) < 4.78 is 4.32. The smallest absolute Gasteiger partial charge is 0.0610 e. The quantitative estimate of drug-likeness (QED) is 0.395. The number of hydrogen-bond donors (Lipinski definition) is 1. The summed E-state index contributed by atoms with van der Waals surface area (Å²) >= 11 is 3.46. The predicted octanol–water partition coefficient (Wildman–Crippen LogP) is 1.07. The molecule has 0 aliphatic heterocycles. The van der Waals surface area contributed by atoms with E-state index in [-0.39, 0.29) is 0 Å². The van der Waals surface area contributed by atoms with Crippen molar-refractivity contribution in [3.8, 4) is 0 Å². The van der Waals surface area contributed by atoms with Crippen LogP contribution >= 0.6 is 12.9 Å². The monoisotopic (exact) mass is 91.0 g/mol. The number of thiol groups is 1. The predicted molar refractivity (Wildman–Crippen MR) is 24.9 cm³/mol. The molecule has 0 heterocycles. The van der Waals surface area contributed by atoms with Gasteiger partial charge < -0.3 is 4.18 Å². The Kier molecular flexibility index (Phi) is 4.58. The molecule has 0 aromatic rings. The Morgan fingerprint density at radius 2 is 2.40 bits per heavy atom. The van der Waals surface area contributed by atoms with E-state index in [2.05, 4.69) is 24.0 Å². The number of hydrogen-bond acceptors (Lipinski definition) is 2. The molecule has 0 bridgehead atoms. The Labute approximate surface area is 37.9 Å². The van der Waals surface area contributed by atoms with Crippen LogP contribution in [0.15, 0.2) is 0 Å². The molecule has 0 spiro atoms. The van der Waals surface area contributed by atoms with Crippen molar-refractivity contribution in [3.05, 3.63) is 6.92 Å². The molecule has 0 unspecified atom stereocenters. The van der Waals surface area contributed by atoms with E-state index in [1.165, 1.54) is 0 Å². The van der Waals surface area contributed by atoms with Gasteiger partial charge in [0.2, 0.25) is 0 Å². The molecule has 0 aromatic carbocycles. The van der Waals surface area contributed by atoms with Crippen LogP contribution < -0.4 is 0 Å². The Morgan fingerprint density at radius 3 is 2.40 bits per heavy atom. The van der Waals surface area contributed by atoms with Crippen LogP contribution in [0.4, 0.5) is 0 Å². The molecule has 0 atom stereocenters. The van der Waals surface area contributed by atoms with E-state index >= 15 is 0 Å². The highest BCUT2D eigenvalue weighted by Crippen LogP contribution is 1.78. The molecule has 0 N–H and O–H groups in total. The van der Waals surface area contributed by atoms with E-state index in [0.717, 1.165) is 6.42 Å². The highest BCUT2D eigenvalue weighted by Gasteiger charge is 1.67. The van der Waals surface area contributed by atoms with Crippen LogP contribution in [0, 0.1) is 6.92 Å². The summed E-state index contributed by atoms with van der Waals surface area (Å²) in [5.74, 6) is 0. The molecule has 0 aliphatic rings. The normalized spacial score (nSPS) is 8.40. The zero-order chi connectivity index (χ0) is 4.12. The lowest BCUT2D eigenvalue weighted by Crippen LogP contribution is -1.74. The maximum Gasteiger partial charge on any atom is 0.0610 e. The maximum atomic E-state index is 4.32. The van der Waals surface area contributed by atoms with Gasteiger partial charge in [-0.3, -0.25) is 0 Å². The fraction of sp³-hybridized carbons (Fsp3) is 0.667. The van der Waals surface area contributed by atoms with Crippen molar-refractivity contribution in [2.24, 2.45) is 0 Å². The Bertz CT molecular complexity index is 14.4. The van der Waals surface area contributed by atoms with Crippen molar-refractivity contribution >= 4 is 12.9 Å². The van der Waals surface area contributed by atoms with Gasteiger partial charge in [-0.05, 0) is 19.3 Å². The molecule has 0 fully saturated rings. The molecule has 1 radical (unpaired) electrons. The van der Waals surface area contributed by atoms with E-state index in [1.54, 1.807) is 0 Å². The van der Waals surface area contributed by atoms with Crippen LogP contribution in [-0.4, -0.2) is 6.61 Å².